The summed E-state index contributed by atoms with van der Waals surface area (Å²) in [5, 5.41) is 0. The van der Waals surface area contributed by atoms with Crippen LogP contribution in [-0.4, -0.2) is 24.9 Å². The molecule has 1 fully saturated rings. The topological polar surface area (TPSA) is 94.2 Å². The lowest BCUT2D eigenvalue weighted by atomic mass is 9.74. The first-order valence-corrected chi connectivity index (χ1v) is 9.58. The summed E-state index contributed by atoms with van der Waals surface area (Å²) in [7, 11) is -2.05. The highest BCUT2D eigenvalue weighted by molar-refractivity contribution is 7.89. The van der Waals surface area contributed by atoms with Crippen LogP contribution < -0.4 is 10.5 Å². The second kappa shape index (κ2) is 6.65. The number of amides is 1. The number of hydrogen-bond donors (Lipinski definition) is 2. The quantitative estimate of drug-likeness (QED) is 0.856. The van der Waals surface area contributed by atoms with Gasteiger partial charge >= 0.3 is 0 Å². The summed E-state index contributed by atoms with van der Waals surface area (Å²) < 4.78 is 29.7. The lowest BCUT2D eigenvalue weighted by Crippen LogP contribution is -2.45. The van der Waals surface area contributed by atoms with Crippen molar-refractivity contribution in [2.24, 2.45) is 30.5 Å². The Bertz CT molecular complexity index is 679. The Kier molecular flexibility index (Phi) is 5.20. The predicted octanol–water partition coefficient (Wildman–Crippen LogP) is 1.86. The number of hydrogen-bond acceptors (Lipinski definition) is 3. The number of primary amides is 1. The van der Waals surface area contributed by atoms with Crippen molar-refractivity contribution in [2.75, 3.05) is 0 Å². The van der Waals surface area contributed by atoms with Gasteiger partial charge in [0.15, 0.2) is 0 Å². The van der Waals surface area contributed by atoms with Crippen LogP contribution in [0.1, 0.15) is 50.5 Å². The van der Waals surface area contributed by atoms with Crippen molar-refractivity contribution in [1.82, 2.24) is 9.29 Å². The first-order chi connectivity index (χ1) is 10.6. The zero-order valence-electron chi connectivity index (χ0n) is 14.2. The molecule has 2 rings (SSSR count). The van der Waals surface area contributed by atoms with Gasteiger partial charge < -0.3 is 10.3 Å². The Balaban J connectivity index is 2.25. The van der Waals surface area contributed by atoms with Crippen molar-refractivity contribution in [3.8, 4) is 0 Å². The minimum absolute atomic E-state index is 0.0685. The van der Waals surface area contributed by atoms with Gasteiger partial charge in [-0.05, 0) is 36.7 Å². The molecule has 0 bridgehead atoms. The largest absolute Gasteiger partial charge is 0.364 e. The maximum Gasteiger partial charge on any atom is 0.265 e. The number of carbonyl (C=O) groups is 1. The summed E-state index contributed by atoms with van der Waals surface area (Å²) in [5.74, 6) is 0.627. The molecule has 7 heteroatoms. The maximum absolute atomic E-state index is 12.7. The third-order valence-electron chi connectivity index (χ3n) is 4.87. The summed E-state index contributed by atoms with van der Waals surface area (Å²) in [6.45, 7) is 6.43. The van der Waals surface area contributed by atoms with E-state index in [9.17, 15) is 13.2 Å². The van der Waals surface area contributed by atoms with Crippen LogP contribution >= 0.6 is 0 Å². The van der Waals surface area contributed by atoms with E-state index in [1.807, 2.05) is 0 Å². The maximum atomic E-state index is 12.7. The molecule has 3 N–H and O–H groups in total. The molecule has 0 aliphatic heterocycles. The molecule has 0 spiro atoms. The third-order valence-corrected chi connectivity index (χ3v) is 6.33. The molecule has 1 aliphatic carbocycles. The standard InChI is InChI=1S/C16H27N3O3S/c1-10(2)13-6-5-11(3)7-14(13)18-23(21,22)12-8-15(16(17)20)19(4)9-12/h8-11,13-14,18H,5-7H2,1-4H3,(H2,17,20)/t11-,13+,14-/m1/s1. The van der Waals surface area contributed by atoms with Crippen LogP contribution in [0.4, 0.5) is 0 Å². The van der Waals surface area contributed by atoms with E-state index in [1.54, 1.807) is 7.05 Å². The van der Waals surface area contributed by atoms with Crippen LogP contribution in [0, 0.1) is 17.8 Å². The van der Waals surface area contributed by atoms with Gasteiger partial charge in [0.1, 0.15) is 10.6 Å². The van der Waals surface area contributed by atoms with E-state index >= 15 is 0 Å². The van der Waals surface area contributed by atoms with Gasteiger partial charge in [-0.3, -0.25) is 4.79 Å². The van der Waals surface area contributed by atoms with Crippen LogP contribution in [0.25, 0.3) is 0 Å². The molecule has 1 aromatic heterocycles. The normalized spacial score (nSPS) is 25.7. The fourth-order valence-electron chi connectivity index (χ4n) is 3.53. The number of nitrogens with one attached hydrogen (secondary N) is 1. The Morgan fingerprint density at radius 1 is 1.39 bits per heavy atom. The highest BCUT2D eigenvalue weighted by Gasteiger charge is 2.34. The van der Waals surface area contributed by atoms with Gasteiger partial charge in [0.05, 0.1) is 0 Å². The molecule has 1 heterocycles. The zero-order chi connectivity index (χ0) is 17.4. The molecule has 0 radical (unpaired) electrons. The van der Waals surface area contributed by atoms with Gasteiger partial charge in [0.25, 0.3) is 5.91 Å². The zero-order valence-corrected chi connectivity index (χ0v) is 15.1. The fourth-order valence-corrected chi connectivity index (χ4v) is 4.90. The highest BCUT2D eigenvalue weighted by Crippen LogP contribution is 2.34. The van der Waals surface area contributed by atoms with Crippen molar-refractivity contribution in [1.29, 1.82) is 0 Å². The summed E-state index contributed by atoms with van der Waals surface area (Å²) >= 11 is 0. The van der Waals surface area contributed by atoms with Gasteiger partial charge in [-0.2, -0.15) is 0 Å². The number of aromatic nitrogens is 1. The summed E-state index contributed by atoms with van der Waals surface area (Å²) in [4.78, 5) is 11.4. The van der Waals surface area contributed by atoms with E-state index in [4.69, 9.17) is 5.73 Å². The Morgan fingerprint density at radius 3 is 2.57 bits per heavy atom. The van der Waals surface area contributed by atoms with Crippen molar-refractivity contribution in [3.05, 3.63) is 18.0 Å². The molecule has 0 aromatic carbocycles. The van der Waals surface area contributed by atoms with Crippen LogP contribution in [0.3, 0.4) is 0 Å². The minimum atomic E-state index is -3.66. The van der Waals surface area contributed by atoms with E-state index in [0.29, 0.717) is 17.8 Å². The molecule has 130 valence electrons. The first kappa shape index (κ1) is 18.0. The molecule has 1 aromatic rings. The molecule has 1 saturated carbocycles. The van der Waals surface area contributed by atoms with Crippen molar-refractivity contribution >= 4 is 15.9 Å². The van der Waals surface area contributed by atoms with Crippen molar-refractivity contribution < 1.29 is 13.2 Å². The van der Waals surface area contributed by atoms with Crippen LogP contribution in [0.2, 0.25) is 0 Å². The summed E-state index contributed by atoms with van der Waals surface area (Å²) in [6, 6.07) is 1.27. The predicted molar refractivity (Wildman–Crippen MR) is 89.4 cm³/mol. The SMILES string of the molecule is CC(C)[C@@H]1CC[C@@H](C)C[C@H]1NS(=O)(=O)c1cc(C(N)=O)n(C)c1. The number of aryl methyl sites for hydroxylation is 1. The van der Waals surface area contributed by atoms with E-state index in [0.717, 1.165) is 19.3 Å². The molecule has 6 nitrogen and oxygen atoms in total. The summed E-state index contributed by atoms with van der Waals surface area (Å²) in [6.07, 6.45) is 4.45. The molecule has 0 unspecified atom stereocenters. The number of nitrogens with two attached hydrogens (primary N) is 1. The molecular formula is C16H27N3O3S. The van der Waals surface area contributed by atoms with Gasteiger partial charge in [-0.25, -0.2) is 13.1 Å². The Hall–Kier alpha value is -1.34. The fraction of sp³-hybridized carbons (Fsp3) is 0.688. The van der Waals surface area contributed by atoms with Crippen LogP contribution in [0.15, 0.2) is 17.2 Å². The molecule has 23 heavy (non-hydrogen) atoms. The van der Waals surface area contributed by atoms with Gasteiger partial charge in [-0.1, -0.05) is 27.2 Å². The second-order valence-electron chi connectivity index (χ2n) is 7.09. The van der Waals surface area contributed by atoms with Gasteiger partial charge in [0.2, 0.25) is 10.0 Å². The van der Waals surface area contributed by atoms with E-state index in [1.165, 1.54) is 16.8 Å². The number of carbonyl (C=O) groups excluding carboxylic acids is 1. The molecule has 1 amide bonds. The molecule has 1 aliphatic rings. The van der Waals surface area contributed by atoms with E-state index in [2.05, 4.69) is 25.5 Å². The van der Waals surface area contributed by atoms with E-state index in [-0.39, 0.29) is 16.6 Å². The monoisotopic (exact) mass is 341 g/mol. The van der Waals surface area contributed by atoms with Crippen molar-refractivity contribution in [2.45, 2.75) is 51.0 Å². The smallest absolute Gasteiger partial charge is 0.265 e. The third kappa shape index (κ3) is 3.95. The van der Waals surface area contributed by atoms with Crippen molar-refractivity contribution in [3.63, 3.8) is 0 Å². The summed E-state index contributed by atoms with van der Waals surface area (Å²) in [5.41, 5.74) is 5.44. The number of rotatable bonds is 5. The number of nitrogens with zero attached hydrogens (tertiary/aromatic N) is 1. The molecule has 3 atom stereocenters. The number of sulfonamides is 1. The minimum Gasteiger partial charge on any atom is -0.364 e. The Labute approximate surface area is 138 Å². The van der Waals surface area contributed by atoms with Gasteiger partial charge in [0, 0.05) is 19.3 Å². The van der Waals surface area contributed by atoms with E-state index < -0.39 is 15.9 Å². The highest BCUT2D eigenvalue weighted by atomic mass is 32.2. The van der Waals surface area contributed by atoms with Gasteiger partial charge in [-0.15, -0.1) is 0 Å². The van der Waals surface area contributed by atoms with Crippen LogP contribution in [-0.2, 0) is 17.1 Å². The van der Waals surface area contributed by atoms with Crippen LogP contribution in [0.5, 0.6) is 0 Å². The molecular weight excluding hydrogens is 314 g/mol. The first-order valence-electron chi connectivity index (χ1n) is 8.10. The Morgan fingerprint density at radius 2 is 2.04 bits per heavy atom. The second-order valence-corrected chi connectivity index (χ2v) is 8.80. The molecule has 0 saturated heterocycles. The lowest BCUT2D eigenvalue weighted by molar-refractivity contribution is 0.0992. The lowest BCUT2D eigenvalue weighted by Gasteiger charge is -2.37. The average Bonchev–Trinajstić information content (AvgIpc) is 2.81. The average molecular weight is 341 g/mol.